The van der Waals surface area contributed by atoms with Gasteiger partial charge in [0, 0.05) is 23.4 Å². The van der Waals surface area contributed by atoms with Crippen molar-refractivity contribution in [1.29, 1.82) is 0 Å². The van der Waals surface area contributed by atoms with Crippen molar-refractivity contribution in [2.24, 2.45) is 0 Å². The van der Waals surface area contributed by atoms with Crippen molar-refractivity contribution >= 4 is 23.4 Å². The second-order valence-corrected chi connectivity index (χ2v) is 8.62. The predicted octanol–water partition coefficient (Wildman–Crippen LogP) is 5.16. The van der Waals surface area contributed by atoms with Crippen LogP contribution in [0.25, 0.3) is 11.5 Å². The molecule has 152 valence electrons. The summed E-state index contributed by atoms with van der Waals surface area (Å²) < 4.78 is 10.8. The first-order valence-electron chi connectivity index (χ1n) is 9.36. The van der Waals surface area contributed by atoms with Crippen LogP contribution < -0.4 is 10.1 Å². The number of rotatable bonds is 7. The van der Waals surface area contributed by atoms with Gasteiger partial charge in [-0.3, -0.25) is 4.79 Å². The molecule has 0 fully saturated rings. The first-order chi connectivity index (χ1) is 13.8. The monoisotopic (exact) mass is 411 g/mol. The molecule has 0 aliphatic rings. The average molecular weight is 412 g/mol. The Bertz CT molecular complexity index is 945. The zero-order valence-electron chi connectivity index (χ0n) is 17.1. The molecule has 0 radical (unpaired) electrons. The number of methoxy groups -OCH3 is 1. The third kappa shape index (κ3) is 5.84. The number of carbonyl (C=O) groups is 1. The van der Waals surface area contributed by atoms with Gasteiger partial charge in [-0.1, -0.05) is 44.7 Å². The molecule has 7 heteroatoms. The molecule has 0 aliphatic heterocycles. The Morgan fingerprint density at radius 3 is 2.38 bits per heavy atom. The predicted molar refractivity (Wildman–Crippen MR) is 115 cm³/mol. The maximum Gasteiger partial charge on any atom is 0.276 e. The van der Waals surface area contributed by atoms with Crippen LogP contribution in [0.4, 0.5) is 5.69 Å². The third-order valence-corrected chi connectivity index (χ3v) is 5.15. The highest BCUT2D eigenvalue weighted by molar-refractivity contribution is 7.99. The van der Waals surface area contributed by atoms with Gasteiger partial charge in [-0.15, -0.1) is 10.2 Å². The number of anilines is 1. The van der Waals surface area contributed by atoms with Crippen LogP contribution in [0.2, 0.25) is 0 Å². The number of aromatic nitrogens is 2. The van der Waals surface area contributed by atoms with E-state index in [-0.39, 0.29) is 11.3 Å². The molecule has 1 heterocycles. The van der Waals surface area contributed by atoms with E-state index in [2.05, 4.69) is 48.4 Å². The summed E-state index contributed by atoms with van der Waals surface area (Å²) in [6.07, 6.45) is 0.342. The summed E-state index contributed by atoms with van der Waals surface area (Å²) in [5, 5.41) is 11.5. The van der Waals surface area contributed by atoms with Crippen molar-refractivity contribution in [3.05, 3.63) is 54.1 Å². The maximum atomic E-state index is 12.1. The highest BCUT2D eigenvalue weighted by Gasteiger charge is 2.15. The number of carbonyl (C=O) groups excluding carboxylic acids is 1. The Hall–Kier alpha value is -2.80. The Labute approximate surface area is 175 Å². The molecule has 2 aromatic carbocycles. The van der Waals surface area contributed by atoms with Crippen molar-refractivity contribution in [3.8, 4) is 17.2 Å². The summed E-state index contributed by atoms with van der Waals surface area (Å²) in [6.45, 7) is 6.52. The van der Waals surface area contributed by atoms with E-state index in [1.165, 1.54) is 17.3 Å². The third-order valence-electron chi connectivity index (χ3n) is 4.33. The molecule has 0 saturated heterocycles. The molecule has 3 aromatic rings. The van der Waals surface area contributed by atoms with Gasteiger partial charge >= 0.3 is 0 Å². The topological polar surface area (TPSA) is 77.2 Å². The second-order valence-electron chi connectivity index (χ2n) is 7.58. The fourth-order valence-corrected chi connectivity index (χ4v) is 3.32. The lowest BCUT2D eigenvalue weighted by Gasteiger charge is -2.18. The summed E-state index contributed by atoms with van der Waals surface area (Å²) in [5.74, 6) is 1.71. The van der Waals surface area contributed by atoms with Gasteiger partial charge in [0.2, 0.25) is 11.8 Å². The lowest BCUT2D eigenvalue weighted by molar-refractivity contribution is -0.115. The molecular weight excluding hydrogens is 386 g/mol. The van der Waals surface area contributed by atoms with Gasteiger partial charge in [0.25, 0.3) is 5.22 Å². The smallest absolute Gasteiger partial charge is 0.276 e. The summed E-state index contributed by atoms with van der Waals surface area (Å²) in [7, 11) is 1.61. The number of nitrogens with zero attached hydrogens (tertiary/aromatic N) is 2. The summed E-state index contributed by atoms with van der Waals surface area (Å²) in [4.78, 5) is 12.1. The SMILES string of the molecule is COc1ccc(NC(=O)CCSc2nnc(-c3ccc(C(C)(C)C)cc3)o2)cc1. The van der Waals surface area contributed by atoms with Crippen molar-refractivity contribution in [2.45, 2.75) is 37.8 Å². The number of nitrogens with one attached hydrogen (secondary N) is 1. The van der Waals surface area contributed by atoms with E-state index >= 15 is 0 Å². The lowest BCUT2D eigenvalue weighted by atomic mass is 9.87. The Balaban J connectivity index is 1.49. The highest BCUT2D eigenvalue weighted by atomic mass is 32.2. The zero-order valence-corrected chi connectivity index (χ0v) is 17.9. The molecule has 1 N–H and O–H groups in total. The van der Waals surface area contributed by atoms with Crippen LogP contribution in [0, 0.1) is 0 Å². The molecule has 0 atom stereocenters. The molecule has 29 heavy (non-hydrogen) atoms. The molecule has 3 rings (SSSR count). The minimum Gasteiger partial charge on any atom is -0.497 e. The normalized spacial score (nSPS) is 11.3. The van der Waals surface area contributed by atoms with E-state index in [0.717, 1.165) is 17.0 Å². The van der Waals surface area contributed by atoms with Gasteiger partial charge in [-0.2, -0.15) is 0 Å². The molecule has 6 nitrogen and oxygen atoms in total. The number of benzene rings is 2. The lowest BCUT2D eigenvalue weighted by Crippen LogP contribution is -2.12. The highest BCUT2D eigenvalue weighted by Crippen LogP contribution is 2.27. The van der Waals surface area contributed by atoms with Gasteiger partial charge in [-0.05, 0) is 47.4 Å². The van der Waals surface area contributed by atoms with E-state index in [1.807, 2.05) is 12.1 Å². The second kappa shape index (κ2) is 9.13. The van der Waals surface area contributed by atoms with Crippen LogP contribution in [-0.2, 0) is 10.2 Å². The standard InChI is InChI=1S/C22H25N3O3S/c1-22(2,3)16-7-5-15(6-8-16)20-24-25-21(28-20)29-14-13-19(26)23-17-9-11-18(27-4)12-10-17/h5-12H,13-14H2,1-4H3,(H,23,26). The first-order valence-corrected chi connectivity index (χ1v) is 10.3. The number of thioether (sulfide) groups is 1. The van der Waals surface area contributed by atoms with Gasteiger partial charge in [0.05, 0.1) is 7.11 Å². The van der Waals surface area contributed by atoms with Crippen LogP contribution in [0.1, 0.15) is 32.8 Å². The van der Waals surface area contributed by atoms with Gasteiger partial charge in [-0.25, -0.2) is 0 Å². The fourth-order valence-electron chi connectivity index (χ4n) is 2.63. The summed E-state index contributed by atoms with van der Waals surface area (Å²) >= 11 is 1.37. The molecular formula is C22H25N3O3S. The summed E-state index contributed by atoms with van der Waals surface area (Å²) in [6, 6.07) is 15.4. The van der Waals surface area contributed by atoms with E-state index in [4.69, 9.17) is 9.15 Å². The van der Waals surface area contributed by atoms with Crippen LogP contribution in [0.3, 0.4) is 0 Å². The van der Waals surface area contributed by atoms with Crippen molar-refractivity contribution < 1.29 is 13.9 Å². The Morgan fingerprint density at radius 1 is 1.07 bits per heavy atom. The van der Waals surface area contributed by atoms with Crippen LogP contribution in [-0.4, -0.2) is 29.0 Å². The Kier molecular flexibility index (Phi) is 6.59. The van der Waals surface area contributed by atoms with Crippen LogP contribution >= 0.6 is 11.8 Å². The van der Waals surface area contributed by atoms with Crippen LogP contribution in [0.15, 0.2) is 58.2 Å². The number of hydrogen-bond donors (Lipinski definition) is 1. The van der Waals surface area contributed by atoms with Crippen molar-refractivity contribution in [3.63, 3.8) is 0 Å². The summed E-state index contributed by atoms with van der Waals surface area (Å²) in [5.41, 5.74) is 2.97. The maximum absolute atomic E-state index is 12.1. The van der Waals surface area contributed by atoms with E-state index < -0.39 is 0 Å². The molecule has 1 amide bonds. The minimum atomic E-state index is -0.0693. The van der Waals surface area contributed by atoms with E-state index in [0.29, 0.717) is 23.3 Å². The van der Waals surface area contributed by atoms with Crippen molar-refractivity contribution in [1.82, 2.24) is 10.2 Å². The van der Waals surface area contributed by atoms with Gasteiger partial charge in [0.1, 0.15) is 5.75 Å². The molecule has 0 bridgehead atoms. The van der Waals surface area contributed by atoms with E-state index in [1.54, 1.807) is 31.4 Å². The van der Waals surface area contributed by atoms with E-state index in [9.17, 15) is 4.79 Å². The molecule has 0 unspecified atom stereocenters. The van der Waals surface area contributed by atoms with Gasteiger partial charge in [0.15, 0.2) is 0 Å². The van der Waals surface area contributed by atoms with Crippen molar-refractivity contribution in [2.75, 3.05) is 18.2 Å². The fraction of sp³-hybridized carbons (Fsp3) is 0.318. The number of hydrogen-bond acceptors (Lipinski definition) is 6. The molecule has 0 spiro atoms. The zero-order chi connectivity index (χ0) is 20.9. The quantitative estimate of drug-likeness (QED) is 0.541. The largest absolute Gasteiger partial charge is 0.497 e. The molecule has 0 aliphatic carbocycles. The molecule has 0 saturated carbocycles. The average Bonchev–Trinajstić information content (AvgIpc) is 3.17. The minimum absolute atomic E-state index is 0.0693. The Morgan fingerprint density at radius 2 is 1.76 bits per heavy atom. The first kappa shape index (κ1) is 20.9. The number of ether oxygens (including phenoxy) is 1. The van der Waals surface area contributed by atoms with Gasteiger partial charge < -0.3 is 14.5 Å². The molecule has 1 aromatic heterocycles. The van der Waals surface area contributed by atoms with Crippen LogP contribution in [0.5, 0.6) is 5.75 Å². The number of amides is 1.